The first kappa shape index (κ1) is 13.0. The van der Waals surface area contributed by atoms with Crippen LogP contribution in [-0.4, -0.2) is 6.03 Å². The Morgan fingerprint density at radius 3 is 2.42 bits per heavy atom. The van der Waals surface area contributed by atoms with E-state index in [0.717, 1.165) is 0 Å². The predicted octanol–water partition coefficient (Wildman–Crippen LogP) is 3.92. The number of urea groups is 1. The van der Waals surface area contributed by atoms with Gasteiger partial charge in [0.15, 0.2) is 0 Å². The van der Waals surface area contributed by atoms with Crippen LogP contribution < -0.4 is 10.6 Å². The number of nitrogens with one attached hydrogen (secondary N) is 2. The molecule has 0 heterocycles. The van der Waals surface area contributed by atoms with Gasteiger partial charge in [-0.25, -0.2) is 13.6 Å². The van der Waals surface area contributed by atoms with Crippen LogP contribution >= 0.6 is 0 Å². The summed E-state index contributed by atoms with van der Waals surface area (Å²) in [6, 6.07) is 9.08. The van der Waals surface area contributed by atoms with Gasteiger partial charge in [0.05, 0.1) is 0 Å². The second-order valence-electron chi connectivity index (χ2n) is 4.05. The third-order valence-corrected chi connectivity index (χ3v) is 2.52. The number of carbonyl (C=O) groups is 1. The molecule has 3 nitrogen and oxygen atoms in total. The lowest BCUT2D eigenvalue weighted by molar-refractivity contribution is 0.262. The monoisotopic (exact) mass is 262 g/mol. The van der Waals surface area contributed by atoms with Crippen LogP contribution in [-0.2, 0) is 0 Å². The lowest BCUT2D eigenvalue weighted by Gasteiger charge is -2.10. The molecule has 0 saturated heterocycles. The summed E-state index contributed by atoms with van der Waals surface area (Å²) in [7, 11) is 0. The van der Waals surface area contributed by atoms with E-state index in [0.29, 0.717) is 16.9 Å². The van der Waals surface area contributed by atoms with Gasteiger partial charge in [-0.3, -0.25) is 0 Å². The number of halogens is 2. The van der Waals surface area contributed by atoms with E-state index >= 15 is 0 Å². The van der Waals surface area contributed by atoms with Crippen LogP contribution in [0.1, 0.15) is 5.56 Å². The van der Waals surface area contributed by atoms with Gasteiger partial charge >= 0.3 is 6.03 Å². The van der Waals surface area contributed by atoms with Crippen LogP contribution in [0.4, 0.5) is 25.0 Å². The van der Waals surface area contributed by atoms with E-state index in [-0.39, 0.29) is 5.82 Å². The SMILES string of the molecule is Cc1cc(F)ccc1NC(=O)Nc1cccc(F)c1. The highest BCUT2D eigenvalue weighted by Crippen LogP contribution is 2.16. The number of aryl methyl sites for hydroxylation is 1. The van der Waals surface area contributed by atoms with Crippen LogP contribution in [0, 0.1) is 18.6 Å². The number of hydrogen-bond acceptors (Lipinski definition) is 1. The summed E-state index contributed by atoms with van der Waals surface area (Å²) >= 11 is 0. The summed E-state index contributed by atoms with van der Waals surface area (Å²) in [4.78, 5) is 11.7. The van der Waals surface area contributed by atoms with Crippen molar-refractivity contribution in [1.82, 2.24) is 0 Å². The molecule has 2 amide bonds. The fourth-order valence-electron chi connectivity index (χ4n) is 1.62. The van der Waals surface area contributed by atoms with Gasteiger partial charge in [0.25, 0.3) is 0 Å². The van der Waals surface area contributed by atoms with Crippen molar-refractivity contribution in [2.45, 2.75) is 6.92 Å². The first-order chi connectivity index (χ1) is 9.04. The molecular weight excluding hydrogens is 250 g/mol. The number of amides is 2. The summed E-state index contributed by atoms with van der Waals surface area (Å²) in [5.41, 5.74) is 1.45. The molecule has 98 valence electrons. The molecule has 0 atom stereocenters. The number of anilines is 2. The van der Waals surface area contributed by atoms with E-state index in [9.17, 15) is 13.6 Å². The van der Waals surface area contributed by atoms with E-state index in [2.05, 4.69) is 10.6 Å². The average Bonchev–Trinajstić information content (AvgIpc) is 2.33. The van der Waals surface area contributed by atoms with Crippen molar-refractivity contribution < 1.29 is 13.6 Å². The summed E-state index contributed by atoms with van der Waals surface area (Å²) < 4.78 is 25.8. The second kappa shape index (κ2) is 5.48. The second-order valence-corrected chi connectivity index (χ2v) is 4.05. The van der Waals surface area contributed by atoms with Gasteiger partial charge in [-0.1, -0.05) is 6.07 Å². The van der Waals surface area contributed by atoms with Crippen LogP contribution in [0.25, 0.3) is 0 Å². The average molecular weight is 262 g/mol. The van der Waals surface area contributed by atoms with Crippen LogP contribution in [0.3, 0.4) is 0 Å². The Balaban J connectivity index is 2.05. The van der Waals surface area contributed by atoms with Gasteiger partial charge in [0, 0.05) is 11.4 Å². The van der Waals surface area contributed by atoms with Crippen molar-refractivity contribution >= 4 is 17.4 Å². The zero-order chi connectivity index (χ0) is 13.8. The fraction of sp³-hybridized carbons (Fsp3) is 0.0714. The largest absolute Gasteiger partial charge is 0.323 e. The normalized spacial score (nSPS) is 10.1. The molecule has 5 heteroatoms. The minimum Gasteiger partial charge on any atom is -0.308 e. The molecule has 0 radical (unpaired) electrons. The van der Waals surface area contributed by atoms with Crippen molar-refractivity contribution in [3.63, 3.8) is 0 Å². The van der Waals surface area contributed by atoms with Gasteiger partial charge in [0.1, 0.15) is 11.6 Å². The van der Waals surface area contributed by atoms with Crippen molar-refractivity contribution in [2.75, 3.05) is 10.6 Å². The van der Waals surface area contributed by atoms with E-state index < -0.39 is 11.8 Å². The maximum absolute atomic E-state index is 12.9. The molecular formula is C14H12F2N2O. The molecule has 19 heavy (non-hydrogen) atoms. The van der Waals surface area contributed by atoms with Gasteiger partial charge in [-0.05, 0) is 48.9 Å². The predicted molar refractivity (Wildman–Crippen MR) is 70.2 cm³/mol. The fourth-order valence-corrected chi connectivity index (χ4v) is 1.62. The number of carbonyl (C=O) groups excluding carboxylic acids is 1. The minimum absolute atomic E-state index is 0.345. The molecule has 0 aliphatic carbocycles. The van der Waals surface area contributed by atoms with Gasteiger partial charge in [-0.2, -0.15) is 0 Å². The van der Waals surface area contributed by atoms with E-state index in [1.807, 2.05) is 0 Å². The smallest absolute Gasteiger partial charge is 0.308 e. The van der Waals surface area contributed by atoms with E-state index in [1.165, 1.54) is 36.4 Å². The first-order valence-corrected chi connectivity index (χ1v) is 5.64. The van der Waals surface area contributed by atoms with Crippen LogP contribution in [0.2, 0.25) is 0 Å². The molecule has 0 unspecified atom stereocenters. The highest BCUT2D eigenvalue weighted by molar-refractivity contribution is 6.00. The van der Waals surface area contributed by atoms with Gasteiger partial charge < -0.3 is 10.6 Å². The number of hydrogen-bond donors (Lipinski definition) is 2. The Bertz CT molecular complexity index is 614. The van der Waals surface area contributed by atoms with Crippen molar-refractivity contribution in [1.29, 1.82) is 0 Å². The molecule has 0 fully saturated rings. The molecule has 0 aliphatic heterocycles. The molecule has 0 saturated carbocycles. The highest BCUT2D eigenvalue weighted by Gasteiger charge is 2.06. The Labute approximate surface area is 109 Å². The Morgan fingerprint density at radius 2 is 1.74 bits per heavy atom. The summed E-state index contributed by atoms with van der Waals surface area (Å²) in [6.45, 7) is 1.68. The Morgan fingerprint density at radius 1 is 1.00 bits per heavy atom. The molecule has 2 aromatic carbocycles. The summed E-state index contributed by atoms with van der Waals surface area (Å²) in [5, 5.41) is 5.06. The molecule has 0 aliphatic rings. The highest BCUT2D eigenvalue weighted by atomic mass is 19.1. The molecule has 2 rings (SSSR count). The van der Waals surface area contributed by atoms with Crippen molar-refractivity contribution in [3.8, 4) is 0 Å². The maximum atomic E-state index is 12.9. The minimum atomic E-state index is -0.514. The lowest BCUT2D eigenvalue weighted by Crippen LogP contribution is -2.20. The van der Waals surface area contributed by atoms with E-state index in [4.69, 9.17) is 0 Å². The molecule has 0 spiro atoms. The van der Waals surface area contributed by atoms with Crippen LogP contribution in [0.5, 0.6) is 0 Å². The van der Waals surface area contributed by atoms with E-state index in [1.54, 1.807) is 13.0 Å². The Kier molecular flexibility index (Phi) is 3.75. The molecule has 0 aromatic heterocycles. The maximum Gasteiger partial charge on any atom is 0.323 e. The van der Waals surface area contributed by atoms with Crippen molar-refractivity contribution in [3.05, 3.63) is 59.7 Å². The molecule has 0 bridgehead atoms. The Hall–Kier alpha value is -2.43. The van der Waals surface area contributed by atoms with Gasteiger partial charge in [-0.15, -0.1) is 0 Å². The van der Waals surface area contributed by atoms with Gasteiger partial charge in [0.2, 0.25) is 0 Å². The zero-order valence-electron chi connectivity index (χ0n) is 10.2. The summed E-state index contributed by atoms with van der Waals surface area (Å²) in [5.74, 6) is -0.802. The number of benzene rings is 2. The van der Waals surface area contributed by atoms with Crippen molar-refractivity contribution in [2.24, 2.45) is 0 Å². The quantitative estimate of drug-likeness (QED) is 0.846. The lowest BCUT2D eigenvalue weighted by atomic mass is 10.2. The first-order valence-electron chi connectivity index (χ1n) is 5.64. The standard InChI is InChI=1S/C14H12F2N2O/c1-9-7-11(16)5-6-13(9)18-14(19)17-12-4-2-3-10(15)8-12/h2-8H,1H3,(H2,17,18,19). The summed E-state index contributed by atoms with van der Waals surface area (Å²) in [6.07, 6.45) is 0. The van der Waals surface area contributed by atoms with Crippen LogP contribution in [0.15, 0.2) is 42.5 Å². The third kappa shape index (κ3) is 3.51. The molecule has 2 N–H and O–H groups in total. The topological polar surface area (TPSA) is 41.1 Å². The molecule has 2 aromatic rings. The zero-order valence-corrected chi connectivity index (χ0v) is 10.2. The number of rotatable bonds is 2. The third-order valence-electron chi connectivity index (χ3n) is 2.52.